The van der Waals surface area contributed by atoms with E-state index in [1.54, 1.807) is 6.92 Å². The van der Waals surface area contributed by atoms with Crippen molar-refractivity contribution in [2.45, 2.75) is 26.7 Å². The SMILES string of the molecule is CCCC(C)(CO)CO[N+](=O)[O-]. The minimum atomic E-state index is -0.830. The molecule has 0 aromatic heterocycles. The molecule has 0 heterocycles. The fourth-order valence-corrected chi connectivity index (χ4v) is 1.01. The third-order valence-corrected chi connectivity index (χ3v) is 1.75. The largest absolute Gasteiger partial charge is 0.396 e. The average Bonchev–Trinajstić information content (AvgIpc) is 2.02. The normalized spacial score (nSPS) is 15.2. The minimum Gasteiger partial charge on any atom is -0.396 e. The standard InChI is InChI=1S/C7H15NO4/c1-3-4-7(2,5-9)6-12-8(10)11/h9H,3-6H2,1-2H3. The number of rotatable bonds is 6. The van der Waals surface area contributed by atoms with E-state index < -0.39 is 10.5 Å². The quantitative estimate of drug-likeness (QED) is 0.485. The lowest BCUT2D eigenvalue weighted by molar-refractivity contribution is -0.761. The minimum absolute atomic E-state index is 0.0374. The van der Waals surface area contributed by atoms with Crippen LogP contribution in [0.2, 0.25) is 0 Å². The van der Waals surface area contributed by atoms with Crippen molar-refractivity contribution in [2.75, 3.05) is 13.2 Å². The van der Waals surface area contributed by atoms with Crippen LogP contribution in [0, 0.1) is 15.5 Å². The van der Waals surface area contributed by atoms with Crippen LogP contribution in [0.4, 0.5) is 0 Å². The first-order chi connectivity index (χ1) is 5.54. The van der Waals surface area contributed by atoms with Crippen LogP contribution in [-0.4, -0.2) is 23.4 Å². The average molecular weight is 177 g/mol. The molecule has 0 rings (SSSR count). The van der Waals surface area contributed by atoms with Crippen molar-refractivity contribution in [1.82, 2.24) is 0 Å². The van der Waals surface area contributed by atoms with Gasteiger partial charge in [-0.25, -0.2) is 0 Å². The topological polar surface area (TPSA) is 72.6 Å². The van der Waals surface area contributed by atoms with Crippen LogP contribution in [0.5, 0.6) is 0 Å². The van der Waals surface area contributed by atoms with Crippen LogP contribution in [-0.2, 0) is 4.84 Å². The first-order valence-corrected chi connectivity index (χ1v) is 3.92. The Morgan fingerprint density at radius 1 is 1.67 bits per heavy atom. The lowest BCUT2D eigenvalue weighted by Crippen LogP contribution is -2.28. The molecule has 0 saturated heterocycles. The highest BCUT2D eigenvalue weighted by atomic mass is 16.9. The lowest BCUT2D eigenvalue weighted by Gasteiger charge is -2.24. The molecule has 0 aromatic carbocycles. The van der Waals surface area contributed by atoms with E-state index in [-0.39, 0.29) is 13.2 Å². The molecule has 0 amide bonds. The van der Waals surface area contributed by atoms with Crippen LogP contribution in [0.3, 0.4) is 0 Å². The van der Waals surface area contributed by atoms with Gasteiger partial charge in [0.15, 0.2) is 0 Å². The number of hydrogen-bond donors (Lipinski definition) is 1. The maximum atomic E-state index is 9.87. The summed E-state index contributed by atoms with van der Waals surface area (Å²) in [5.41, 5.74) is -0.484. The summed E-state index contributed by atoms with van der Waals surface area (Å²) in [6.07, 6.45) is 1.59. The van der Waals surface area contributed by atoms with Crippen molar-refractivity contribution in [2.24, 2.45) is 5.41 Å². The van der Waals surface area contributed by atoms with Gasteiger partial charge in [-0.05, 0) is 6.42 Å². The first kappa shape index (κ1) is 11.2. The van der Waals surface area contributed by atoms with Gasteiger partial charge < -0.3 is 9.94 Å². The summed E-state index contributed by atoms with van der Waals surface area (Å²) >= 11 is 0. The van der Waals surface area contributed by atoms with Crippen molar-refractivity contribution in [3.8, 4) is 0 Å². The van der Waals surface area contributed by atoms with Crippen LogP contribution in [0.1, 0.15) is 26.7 Å². The molecule has 0 saturated carbocycles. The smallest absolute Gasteiger partial charge is 0.294 e. The van der Waals surface area contributed by atoms with Crippen molar-refractivity contribution < 1.29 is 15.0 Å². The Labute approximate surface area is 71.4 Å². The molecule has 1 atom stereocenters. The molecular formula is C7H15NO4. The predicted molar refractivity (Wildman–Crippen MR) is 43.0 cm³/mol. The summed E-state index contributed by atoms with van der Waals surface area (Å²) < 4.78 is 0. The Morgan fingerprint density at radius 2 is 2.25 bits per heavy atom. The molecule has 0 fully saturated rings. The first-order valence-electron chi connectivity index (χ1n) is 3.92. The van der Waals surface area contributed by atoms with E-state index in [4.69, 9.17) is 5.11 Å². The molecule has 5 heteroatoms. The van der Waals surface area contributed by atoms with E-state index in [9.17, 15) is 10.1 Å². The van der Waals surface area contributed by atoms with Crippen LogP contribution in [0.15, 0.2) is 0 Å². The second-order valence-corrected chi connectivity index (χ2v) is 3.22. The van der Waals surface area contributed by atoms with Gasteiger partial charge in [-0.1, -0.05) is 20.3 Å². The maximum Gasteiger partial charge on any atom is 0.294 e. The third-order valence-electron chi connectivity index (χ3n) is 1.75. The molecule has 72 valence electrons. The second-order valence-electron chi connectivity index (χ2n) is 3.22. The Hall–Kier alpha value is -0.840. The fourth-order valence-electron chi connectivity index (χ4n) is 1.01. The highest BCUT2D eigenvalue weighted by Crippen LogP contribution is 2.22. The summed E-state index contributed by atoms with van der Waals surface area (Å²) in [6, 6.07) is 0. The van der Waals surface area contributed by atoms with Crippen molar-refractivity contribution in [3.05, 3.63) is 10.1 Å². The molecule has 12 heavy (non-hydrogen) atoms. The number of aliphatic hydroxyl groups excluding tert-OH is 1. The second kappa shape index (κ2) is 4.92. The zero-order valence-electron chi connectivity index (χ0n) is 7.45. The molecule has 0 aromatic rings. The van der Waals surface area contributed by atoms with Crippen LogP contribution < -0.4 is 0 Å². The van der Waals surface area contributed by atoms with Gasteiger partial charge in [0.1, 0.15) is 6.61 Å². The molecule has 0 aliphatic heterocycles. The van der Waals surface area contributed by atoms with Gasteiger partial charge in [-0.3, -0.25) is 0 Å². The van der Waals surface area contributed by atoms with E-state index in [2.05, 4.69) is 4.84 Å². The monoisotopic (exact) mass is 177 g/mol. The summed E-state index contributed by atoms with van der Waals surface area (Å²) in [7, 11) is 0. The van der Waals surface area contributed by atoms with Crippen LogP contribution >= 0.6 is 0 Å². The van der Waals surface area contributed by atoms with Crippen molar-refractivity contribution >= 4 is 0 Å². The zero-order valence-corrected chi connectivity index (χ0v) is 7.45. The van der Waals surface area contributed by atoms with E-state index in [0.29, 0.717) is 0 Å². The molecule has 0 aliphatic carbocycles. The van der Waals surface area contributed by atoms with E-state index in [0.717, 1.165) is 12.8 Å². The number of hydrogen-bond acceptors (Lipinski definition) is 4. The van der Waals surface area contributed by atoms with Gasteiger partial charge in [0.05, 0.1) is 6.61 Å². The highest BCUT2D eigenvalue weighted by molar-refractivity contribution is 4.71. The Balaban J connectivity index is 3.86. The molecule has 1 N–H and O–H groups in total. The summed E-state index contributed by atoms with van der Waals surface area (Å²) in [5.74, 6) is 0. The van der Waals surface area contributed by atoms with E-state index in [1.165, 1.54) is 0 Å². The molecule has 0 bridgehead atoms. The van der Waals surface area contributed by atoms with Gasteiger partial charge in [0, 0.05) is 5.41 Å². The Bertz CT molecular complexity index is 150. The van der Waals surface area contributed by atoms with E-state index >= 15 is 0 Å². The van der Waals surface area contributed by atoms with Gasteiger partial charge in [0.2, 0.25) is 0 Å². The van der Waals surface area contributed by atoms with Crippen molar-refractivity contribution in [1.29, 1.82) is 0 Å². The maximum absolute atomic E-state index is 9.87. The van der Waals surface area contributed by atoms with Gasteiger partial charge >= 0.3 is 0 Å². The van der Waals surface area contributed by atoms with E-state index in [1.807, 2.05) is 6.92 Å². The predicted octanol–water partition coefficient (Wildman–Crippen LogP) is 0.993. The molecule has 0 spiro atoms. The molecule has 0 aliphatic rings. The summed E-state index contributed by atoms with van der Waals surface area (Å²) in [6.45, 7) is 3.60. The summed E-state index contributed by atoms with van der Waals surface area (Å²) in [5, 5.41) is 18.0. The Morgan fingerprint density at radius 3 is 2.58 bits per heavy atom. The van der Waals surface area contributed by atoms with Crippen molar-refractivity contribution in [3.63, 3.8) is 0 Å². The summed E-state index contributed by atoms with van der Waals surface area (Å²) in [4.78, 5) is 14.1. The molecular weight excluding hydrogens is 162 g/mol. The van der Waals surface area contributed by atoms with Gasteiger partial charge in [0.25, 0.3) is 5.09 Å². The fraction of sp³-hybridized carbons (Fsp3) is 1.00. The third kappa shape index (κ3) is 4.12. The molecule has 5 nitrogen and oxygen atoms in total. The van der Waals surface area contributed by atoms with Gasteiger partial charge in [-0.2, -0.15) is 0 Å². The number of nitrogens with zero attached hydrogens (tertiary/aromatic N) is 1. The molecule has 0 radical (unpaired) electrons. The zero-order chi connectivity index (χ0) is 9.61. The van der Waals surface area contributed by atoms with Crippen LogP contribution in [0.25, 0.3) is 0 Å². The highest BCUT2D eigenvalue weighted by Gasteiger charge is 2.23. The Kier molecular flexibility index (Phi) is 4.58. The molecule has 1 unspecified atom stereocenters. The van der Waals surface area contributed by atoms with Gasteiger partial charge in [-0.15, -0.1) is 10.1 Å². The number of aliphatic hydroxyl groups is 1. The lowest BCUT2D eigenvalue weighted by atomic mass is 9.88.